The monoisotopic (exact) mass is 395 g/mol. The van der Waals surface area contributed by atoms with Gasteiger partial charge in [-0.05, 0) is 35.7 Å². The van der Waals surface area contributed by atoms with Gasteiger partial charge in [-0.1, -0.05) is 6.07 Å². The highest BCUT2D eigenvalue weighted by atomic mass is 32.1. The molecule has 0 spiro atoms. The second-order valence-electron chi connectivity index (χ2n) is 6.62. The molecule has 2 aromatic heterocycles. The van der Waals surface area contributed by atoms with E-state index < -0.39 is 0 Å². The molecule has 4 rings (SSSR count). The summed E-state index contributed by atoms with van der Waals surface area (Å²) in [5.74, 6) is 0.678. The lowest BCUT2D eigenvalue weighted by Gasteiger charge is -2.35. The number of benzene rings is 1. The van der Waals surface area contributed by atoms with Gasteiger partial charge in [0.2, 0.25) is 0 Å². The zero-order valence-corrected chi connectivity index (χ0v) is 16.3. The van der Waals surface area contributed by atoms with Gasteiger partial charge in [0.15, 0.2) is 0 Å². The summed E-state index contributed by atoms with van der Waals surface area (Å²) in [6, 6.07) is 10.5. The predicted molar refractivity (Wildman–Crippen MR) is 109 cm³/mol. The number of hydrogen-bond donors (Lipinski definition) is 2. The molecule has 1 aliphatic rings. The molecule has 1 unspecified atom stereocenters. The summed E-state index contributed by atoms with van der Waals surface area (Å²) < 4.78 is 1.95. The molecule has 0 bridgehead atoms. The molecule has 2 amide bonds. The van der Waals surface area contributed by atoms with E-state index in [1.165, 1.54) is 11.3 Å². The van der Waals surface area contributed by atoms with Gasteiger partial charge < -0.3 is 20.1 Å². The fourth-order valence-electron chi connectivity index (χ4n) is 3.34. The molecule has 1 saturated heterocycles. The first-order chi connectivity index (χ1) is 13.6. The number of thiophene rings is 1. The van der Waals surface area contributed by atoms with E-state index in [1.807, 2.05) is 34.2 Å². The summed E-state index contributed by atoms with van der Waals surface area (Å²) in [4.78, 5) is 32.2. The van der Waals surface area contributed by atoms with Gasteiger partial charge in [-0.3, -0.25) is 9.59 Å². The van der Waals surface area contributed by atoms with Gasteiger partial charge >= 0.3 is 0 Å². The largest absolute Gasteiger partial charge is 0.336 e. The molecule has 28 heavy (non-hydrogen) atoms. The van der Waals surface area contributed by atoms with E-state index in [4.69, 9.17) is 0 Å². The molecule has 3 heterocycles. The Kier molecular flexibility index (Phi) is 5.23. The molecule has 1 aliphatic heterocycles. The number of imidazole rings is 1. The number of aromatic nitrogens is 2. The smallest absolute Gasteiger partial charge is 0.265 e. The molecule has 2 N–H and O–H groups in total. The van der Waals surface area contributed by atoms with Crippen molar-refractivity contribution in [2.75, 3.05) is 25.0 Å². The summed E-state index contributed by atoms with van der Waals surface area (Å²) in [7, 11) is 1.94. The summed E-state index contributed by atoms with van der Waals surface area (Å²) in [5.41, 5.74) is 1.26. The summed E-state index contributed by atoms with van der Waals surface area (Å²) in [6.45, 7) is 2.04. The maximum Gasteiger partial charge on any atom is 0.265 e. The highest BCUT2D eigenvalue weighted by molar-refractivity contribution is 7.12. The number of nitrogens with zero attached hydrogens (tertiary/aromatic N) is 3. The Hall–Kier alpha value is -2.97. The first-order valence-corrected chi connectivity index (χ1v) is 9.95. The molecule has 1 atom stereocenters. The number of carbonyl (C=O) groups excluding carboxylic acids is 2. The maximum atomic E-state index is 13.1. The van der Waals surface area contributed by atoms with Crippen LogP contribution in [0.15, 0.2) is 54.2 Å². The minimum Gasteiger partial charge on any atom is -0.336 e. The van der Waals surface area contributed by atoms with Crippen molar-refractivity contribution in [1.29, 1.82) is 0 Å². The Balaban J connectivity index is 1.49. The molecule has 7 nitrogen and oxygen atoms in total. The van der Waals surface area contributed by atoms with E-state index in [1.54, 1.807) is 36.5 Å². The summed E-state index contributed by atoms with van der Waals surface area (Å²) in [5, 5.41) is 8.05. The van der Waals surface area contributed by atoms with Crippen molar-refractivity contribution < 1.29 is 9.59 Å². The third kappa shape index (κ3) is 3.69. The zero-order valence-electron chi connectivity index (χ0n) is 15.5. The number of nitrogens with one attached hydrogen (secondary N) is 2. The highest BCUT2D eigenvalue weighted by Crippen LogP contribution is 2.23. The number of anilines is 1. The predicted octanol–water partition coefficient (Wildman–Crippen LogP) is 2.52. The van der Waals surface area contributed by atoms with Gasteiger partial charge in [0.05, 0.1) is 4.88 Å². The van der Waals surface area contributed by atoms with Crippen LogP contribution in [0.4, 0.5) is 5.69 Å². The lowest BCUT2D eigenvalue weighted by Crippen LogP contribution is -2.49. The van der Waals surface area contributed by atoms with Gasteiger partial charge in [-0.15, -0.1) is 11.3 Å². The van der Waals surface area contributed by atoms with Gasteiger partial charge in [0, 0.05) is 50.3 Å². The molecule has 0 aliphatic carbocycles. The lowest BCUT2D eigenvalue weighted by molar-refractivity contribution is 0.0621. The topological polar surface area (TPSA) is 79.3 Å². The average molecular weight is 395 g/mol. The number of piperazine rings is 1. The first kappa shape index (κ1) is 18.4. The highest BCUT2D eigenvalue weighted by Gasteiger charge is 2.31. The van der Waals surface area contributed by atoms with Crippen molar-refractivity contribution in [3.05, 3.63) is 70.4 Å². The third-order valence-electron chi connectivity index (χ3n) is 4.80. The summed E-state index contributed by atoms with van der Waals surface area (Å²) >= 11 is 1.39. The van der Waals surface area contributed by atoms with Crippen LogP contribution < -0.4 is 10.6 Å². The fourth-order valence-corrected chi connectivity index (χ4v) is 3.96. The molecule has 144 valence electrons. The van der Waals surface area contributed by atoms with Crippen LogP contribution >= 0.6 is 11.3 Å². The van der Waals surface area contributed by atoms with Crippen molar-refractivity contribution in [3.63, 3.8) is 0 Å². The Morgan fingerprint density at radius 2 is 2.07 bits per heavy atom. The number of carbonyl (C=O) groups is 2. The number of rotatable bonds is 4. The molecule has 1 fully saturated rings. The van der Waals surface area contributed by atoms with Crippen molar-refractivity contribution in [2.45, 2.75) is 6.04 Å². The van der Waals surface area contributed by atoms with Crippen LogP contribution in [0.1, 0.15) is 31.9 Å². The van der Waals surface area contributed by atoms with Crippen LogP contribution in [0.3, 0.4) is 0 Å². The molecule has 0 saturated carbocycles. The Morgan fingerprint density at radius 1 is 1.25 bits per heavy atom. The number of hydrogen-bond acceptors (Lipinski definition) is 5. The Labute approximate surface area is 167 Å². The van der Waals surface area contributed by atoms with Crippen molar-refractivity contribution in [2.24, 2.45) is 7.05 Å². The summed E-state index contributed by atoms with van der Waals surface area (Å²) in [6.07, 6.45) is 3.63. The first-order valence-electron chi connectivity index (χ1n) is 9.07. The van der Waals surface area contributed by atoms with Crippen molar-refractivity contribution in [1.82, 2.24) is 19.8 Å². The van der Waals surface area contributed by atoms with Crippen LogP contribution in [0.5, 0.6) is 0 Å². The number of amides is 2. The van der Waals surface area contributed by atoms with E-state index in [2.05, 4.69) is 15.6 Å². The maximum absolute atomic E-state index is 13.1. The van der Waals surface area contributed by atoms with Crippen molar-refractivity contribution >= 4 is 28.8 Å². The number of aryl methyl sites for hydroxylation is 1. The molecule has 3 aromatic rings. The van der Waals surface area contributed by atoms with Gasteiger partial charge in [-0.25, -0.2) is 4.98 Å². The SMILES string of the molecule is Cn1ccnc1C1CNCCN1C(=O)c1ccc(NC(=O)c2cccs2)cc1. The van der Waals surface area contributed by atoms with E-state index in [9.17, 15) is 9.59 Å². The Morgan fingerprint density at radius 3 is 2.75 bits per heavy atom. The van der Waals surface area contributed by atoms with Crippen LogP contribution in [-0.2, 0) is 7.05 Å². The molecular weight excluding hydrogens is 374 g/mol. The van der Waals surface area contributed by atoms with Crippen LogP contribution in [-0.4, -0.2) is 45.9 Å². The second-order valence-corrected chi connectivity index (χ2v) is 7.57. The lowest BCUT2D eigenvalue weighted by atomic mass is 10.1. The molecular formula is C20H21N5O2S. The Bertz CT molecular complexity index is 965. The van der Waals surface area contributed by atoms with Gasteiger partial charge in [0.1, 0.15) is 11.9 Å². The standard InChI is InChI=1S/C20H21N5O2S/c1-24-10-9-22-18(24)16-13-21-8-11-25(16)20(27)14-4-6-15(7-5-14)23-19(26)17-3-2-12-28-17/h2-7,9-10,12,16,21H,8,11,13H2,1H3,(H,23,26). The van der Waals surface area contributed by atoms with Crippen LogP contribution in [0.2, 0.25) is 0 Å². The van der Waals surface area contributed by atoms with Crippen LogP contribution in [0.25, 0.3) is 0 Å². The van der Waals surface area contributed by atoms with Crippen LogP contribution in [0, 0.1) is 0 Å². The zero-order chi connectivity index (χ0) is 19.5. The minimum absolute atomic E-state index is 0.0365. The van der Waals surface area contributed by atoms with Gasteiger partial charge in [-0.2, -0.15) is 0 Å². The molecule has 8 heteroatoms. The second kappa shape index (κ2) is 7.95. The van der Waals surface area contributed by atoms with E-state index in [0.717, 1.165) is 12.4 Å². The molecule has 1 aromatic carbocycles. The third-order valence-corrected chi connectivity index (χ3v) is 5.66. The average Bonchev–Trinajstić information content (AvgIpc) is 3.40. The van der Waals surface area contributed by atoms with Crippen molar-refractivity contribution in [3.8, 4) is 0 Å². The van der Waals surface area contributed by atoms with E-state index in [0.29, 0.717) is 29.2 Å². The van der Waals surface area contributed by atoms with Gasteiger partial charge in [0.25, 0.3) is 11.8 Å². The van der Waals surface area contributed by atoms with E-state index in [-0.39, 0.29) is 17.9 Å². The molecule has 0 radical (unpaired) electrons. The fraction of sp³-hybridized carbons (Fsp3) is 0.250. The normalized spacial score (nSPS) is 16.8. The van der Waals surface area contributed by atoms with E-state index >= 15 is 0 Å². The quantitative estimate of drug-likeness (QED) is 0.712. The minimum atomic E-state index is -0.147.